The Morgan fingerprint density at radius 3 is 2.45 bits per heavy atom. The van der Waals surface area contributed by atoms with Crippen molar-refractivity contribution in [2.75, 3.05) is 5.32 Å². The molecule has 3 nitrogen and oxygen atoms in total. The van der Waals surface area contributed by atoms with Crippen LogP contribution in [0.1, 0.15) is 33.2 Å². The van der Waals surface area contributed by atoms with Gasteiger partial charge in [0.1, 0.15) is 0 Å². The van der Waals surface area contributed by atoms with E-state index in [2.05, 4.69) is 5.32 Å². The minimum atomic E-state index is -0.288. The van der Waals surface area contributed by atoms with Crippen molar-refractivity contribution >= 4 is 29.0 Å². The van der Waals surface area contributed by atoms with E-state index < -0.39 is 0 Å². The lowest BCUT2D eigenvalue weighted by Crippen LogP contribution is -2.14. The molecule has 0 radical (unpaired) electrons. The van der Waals surface area contributed by atoms with E-state index in [0.29, 0.717) is 21.8 Å². The maximum atomic E-state index is 12.2. The Hall–Kier alpha value is -2.13. The van der Waals surface area contributed by atoms with Crippen LogP contribution in [0, 0.1) is 6.92 Å². The van der Waals surface area contributed by atoms with E-state index in [1.54, 1.807) is 42.5 Å². The lowest BCUT2D eigenvalue weighted by molar-refractivity contribution is 0.101. The number of nitrogens with one attached hydrogen (secondary N) is 1. The van der Waals surface area contributed by atoms with Gasteiger partial charge in [0.25, 0.3) is 5.91 Å². The summed E-state index contributed by atoms with van der Waals surface area (Å²) < 4.78 is 0. The summed E-state index contributed by atoms with van der Waals surface area (Å²) in [6.07, 6.45) is 0. The molecule has 0 aliphatic rings. The van der Waals surface area contributed by atoms with Crippen LogP contribution in [0.5, 0.6) is 0 Å². The monoisotopic (exact) mass is 287 g/mol. The third kappa shape index (κ3) is 3.25. The van der Waals surface area contributed by atoms with E-state index >= 15 is 0 Å². The predicted molar refractivity (Wildman–Crippen MR) is 80.6 cm³/mol. The molecule has 0 saturated carbocycles. The van der Waals surface area contributed by atoms with Crippen LogP contribution in [0.4, 0.5) is 5.69 Å². The van der Waals surface area contributed by atoms with Crippen LogP contribution in [0.2, 0.25) is 5.02 Å². The van der Waals surface area contributed by atoms with Crippen molar-refractivity contribution in [3.63, 3.8) is 0 Å². The molecule has 0 aliphatic heterocycles. The number of rotatable bonds is 3. The number of anilines is 1. The van der Waals surface area contributed by atoms with Crippen molar-refractivity contribution in [3.8, 4) is 0 Å². The first-order valence-electron chi connectivity index (χ1n) is 6.16. The first-order chi connectivity index (χ1) is 9.47. The Morgan fingerprint density at radius 1 is 1.10 bits per heavy atom. The molecule has 2 aromatic carbocycles. The largest absolute Gasteiger partial charge is 0.321 e. The van der Waals surface area contributed by atoms with E-state index in [4.69, 9.17) is 11.6 Å². The van der Waals surface area contributed by atoms with Gasteiger partial charge in [-0.2, -0.15) is 0 Å². The highest BCUT2D eigenvalue weighted by Gasteiger charge is 2.12. The molecule has 0 aromatic heterocycles. The molecule has 0 unspecified atom stereocenters. The van der Waals surface area contributed by atoms with E-state index in [0.717, 1.165) is 5.56 Å². The molecule has 0 spiro atoms. The zero-order valence-electron chi connectivity index (χ0n) is 11.2. The van der Waals surface area contributed by atoms with Gasteiger partial charge < -0.3 is 5.32 Å². The smallest absolute Gasteiger partial charge is 0.255 e. The Balaban J connectivity index is 2.30. The summed E-state index contributed by atoms with van der Waals surface area (Å²) in [7, 11) is 0. The number of hydrogen-bond acceptors (Lipinski definition) is 2. The number of benzene rings is 2. The van der Waals surface area contributed by atoms with Gasteiger partial charge in [-0.15, -0.1) is 0 Å². The van der Waals surface area contributed by atoms with Gasteiger partial charge in [-0.3, -0.25) is 9.59 Å². The summed E-state index contributed by atoms with van der Waals surface area (Å²) in [6.45, 7) is 3.33. The normalized spacial score (nSPS) is 10.2. The molecule has 1 amide bonds. The quantitative estimate of drug-likeness (QED) is 0.864. The van der Waals surface area contributed by atoms with Crippen LogP contribution in [-0.4, -0.2) is 11.7 Å². The van der Waals surface area contributed by atoms with E-state index in [9.17, 15) is 9.59 Å². The Bertz CT molecular complexity index is 660. The second-order valence-electron chi connectivity index (χ2n) is 4.57. The molecule has 0 fully saturated rings. The minimum absolute atomic E-state index is 0.0943. The van der Waals surface area contributed by atoms with Crippen molar-refractivity contribution in [3.05, 3.63) is 64.2 Å². The number of halogens is 1. The standard InChI is InChI=1S/C16H14ClNO2/c1-10-7-12(9-13(17)8-10)16(20)18-15-6-4-3-5-14(15)11(2)19/h3-9H,1-2H3,(H,18,20). The predicted octanol–water partition coefficient (Wildman–Crippen LogP) is 4.10. The van der Waals surface area contributed by atoms with Crippen LogP contribution in [-0.2, 0) is 0 Å². The molecule has 2 rings (SSSR count). The van der Waals surface area contributed by atoms with Crippen molar-refractivity contribution in [2.24, 2.45) is 0 Å². The highest BCUT2D eigenvalue weighted by molar-refractivity contribution is 6.31. The summed E-state index contributed by atoms with van der Waals surface area (Å²) in [6, 6.07) is 12.0. The Labute approximate surface area is 122 Å². The fourth-order valence-corrected chi connectivity index (χ4v) is 2.25. The van der Waals surface area contributed by atoms with Crippen molar-refractivity contribution < 1.29 is 9.59 Å². The van der Waals surface area contributed by atoms with E-state index in [1.165, 1.54) is 6.92 Å². The molecule has 4 heteroatoms. The fraction of sp³-hybridized carbons (Fsp3) is 0.125. The van der Waals surface area contributed by atoms with E-state index in [1.807, 2.05) is 6.92 Å². The molecular weight excluding hydrogens is 274 g/mol. The Kier molecular flexibility index (Phi) is 4.20. The zero-order valence-corrected chi connectivity index (χ0v) is 12.0. The molecule has 2 aromatic rings. The fourth-order valence-electron chi connectivity index (χ4n) is 1.96. The van der Waals surface area contributed by atoms with Gasteiger partial charge in [0.15, 0.2) is 5.78 Å². The molecular formula is C16H14ClNO2. The van der Waals surface area contributed by atoms with Crippen LogP contribution in [0.3, 0.4) is 0 Å². The maximum Gasteiger partial charge on any atom is 0.255 e. The van der Waals surface area contributed by atoms with Gasteiger partial charge in [-0.25, -0.2) is 0 Å². The summed E-state index contributed by atoms with van der Waals surface area (Å²) in [4.78, 5) is 23.7. The second-order valence-corrected chi connectivity index (χ2v) is 5.01. The second kappa shape index (κ2) is 5.88. The SMILES string of the molecule is CC(=O)c1ccccc1NC(=O)c1cc(C)cc(Cl)c1. The third-order valence-corrected chi connectivity index (χ3v) is 3.08. The molecule has 20 heavy (non-hydrogen) atoms. The number of Topliss-reactive ketones (excluding diaryl/α,β-unsaturated/α-hetero) is 1. The molecule has 0 bridgehead atoms. The topological polar surface area (TPSA) is 46.2 Å². The minimum Gasteiger partial charge on any atom is -0.321 e. The summed E-state index contributed by atoms with van der Waals surface area (Å²) in [5, 5.41) is 3.25. The van der Waals surface area contributed by atoms with Gasteiger partial charge >= 0.3 is 0 Å². The van der Waals surface area contributed by atoms with E-state index in [-0.39, 0.29) is 11.7 Å². The number of hydrogen-bond donors (Lipinski definition) is 1. The summed E-state index contributed by atoms with van der Waals surface area (Å²) >= 11 is 5.94. The molecule has 102 valence electrons. The molecule has 0 aliphatic carbocycles. The van der Waals surface area contributed by atoms with Gasteiger partial charge in [-0.1, -0.05) is 23.7 Å². The number of ketones is 1. The van der Waals surface area contributed by atoms with Crippen LogP contribution >= 0.6 is 11.6 Å². The highest BCUT2D eigenvalue weighted by Crippen LogP contribution is 2.19. The first kappa shape index (κ1) is 14.3. The van der Waals surface area contributed by atoms with Crippen LogP contribution < -0.4 is 5.32 Å². The molecule has 0 heterocycles. The number of para-hydroxylation sites is 1. The van der Waals surface area contributed by atoms with Crippen molar-refractivity contribution in [1.82, 2.24) is 0 Å². The van der Waals surface area contributed by atoms with Gasteiger partial charge in [-0.05, 0) is 49.7 Å². The molecule has 0 atom stereocenters. The lowest BCUT2D eigenvalue weighted by atomic mass is 10.1. The third-order valence-electron chi connectivity index (χ3n) is 2.86. The number of carbonyl (C=O) groups excluding carboxylic acids is 2. The van der Waals surface area contributed by atoms with Crippen LogP contribution in [0.25, 0.3) is 0 Å². The van der Waals surface area contributed by atoms with Crippen LogP contribution in [0.15, 0.2) is 42.5 Å². The van der Waals surface area contributed by atoms with Gasteiger partial charge in [0.2, 0.25) is 0 Å². The van der Waals surface area contributed by atoms with Crippen molar-refractivity contribution in [2.45, 2.75) is 13.8 Å². The van der Waals surface area contributed by atoms with Gasteiger partial charge in [0, 0.05) is 16.1 Å². The Morgan fingerprint density at radius 2 is 1.80 bits per heavy atom. The molecule has 0 saturated heterocycles. The summed E-state index contributed by atoms with van der Waals surface area (Å²) in [5.41, 5.74) is 2.36. The maximum absolute atomic E-state index is 12.2. The number of carbonyl (C=O) groups is 2. The molecule has 1 N–H and O–H groups in total. The summed E-state index contributed by atoms with van der Waals surface area (Å²) in [5.74, 6) is -0.382. The average Bonchev–Trinajstić information content (AvgIpc) is 2.37. The number of aryl methyl sites for hydroxylation is 1. The first-order valence-corrected chi connectivity index (χ1v) is 6.53. The van der Waals surface area contributed by atoms with Gasteiger partial charge in [0.05, 0.1) is 5.69 Å². The zero-order chi connectivity index (χ0) is 14.7. The highest BCUT2D eigenvalue weighted by atomic mass is 35.5. The average molecular weight is 288 g/mol. The lowest BCUT2D eigenvalue weighted by Gasteiger charge is -2.09. The number of amides is 1. The van der Waals surface area contributed by atoms with Crippen molar-refractivity contribution in [1.29, 1.82) is 0 Å².